The number of ether oxygens (including phenoxy) is 1. The molecule has 0 unspecified atom stereocenters. The van der Waals surface area contributed by atoms with E-state index in [9.17, 15) is 0 Å². The van der Waals surface area contributed by atoms with Gasteiger partial charge in [0.25, 0.3) is 0 Å². The van der Waals surface area contributed by atoms with E-state index in [0.717, 1.165) is 49.1 Å². The Kier molecular flexibility index (Phi) is 6.66. The zero-order chi connectivity index (χ0) is 16.5. The number of anilines is 3. The molecule has 0 saturated carbocycles. The summed E-state index contributed by atoms with van der Waals surface area (Å²) in [6, 6.07) is 9.77. The third-order valence-electron chi connectivity index (χ3n) is 3.35. The van der Waals surface area contributed by atoms with Gasteiger partial charge in [-0.1, -0.05) is 13.8 Å². The topological polar surface area (TPSA) is 50.3 Å². The highest BCUT2D eigenvalue weighted by Crippen LogP contribution is 2.20. The van der Waals surface area contributed by atoms with E-state index in [-0.39, 0.29) is 0 Å². The molecule has 124 valence electrons. The molecular weight excluding hydrogens is 288 g/mol. The summed E-state index contributed by atoms with van der Waals surface area (Å²) in [5, 5.41) is 3.32. The van der Waals surface area contributed by atoms with E-state index in [1.165, 1.54) is 0 Å². The van der Waals surface area contributed by atoms with Crippen LogP contribution in [-0.4, -0.2) is 29.7 Å². The third kappa shape index (κ3) is 5.13. The third-order valence-corrected chi connectivity index (χ3v) is 3.35. The second-order valence-corrected chi connectivity index (χ2v) is 5.31. The molecule has 1 N–H and O–H groups in total. The largest absolute Gasteiger partial charge is 0.494 e. The Bertz CT molecular complexity index is 580. The second kappa shape index (κ2) is 8.98. The molecule has 0 aliphatic carbocycles. The molecule has 0 fully saturated rings. The molecule has 0 aliphatic heterocycles. The molecule has 0 bridgehead atoms. The summed E-state index contributed by atoms with van der Waals surface area (Å²) in [5.41, 5.74) is 0.982. The first-order valence-corrected chi connectivity index (χ1v) is 8.34. The van der Waals surface area contributed by atoms with Crippen molar-refractivity contribution in [3.63, 3.8) is 0 Å². The lowest BCUT2D eigenvalue weighted by Crippen LogP contribution is -2.26. The first-order chi connectivity index (χ1) is 11.3. The maximum Gasteiger partial charge on any atom is 0.227 e. The van der Waals surface area contributed by atoms with E-state index >= 15 is 0 Å². The Hall–Kier alpha value is -2.30. The minimum absolute atomic E-state index is 0.673. The smallest absolute Gasteiger partial charge is 0.227 e. The molecule has 1 aromatic carbocycles. The fraction of sp³-hybridized carbons (Fsp3) is 0.444. The highest BCUT2D eigenvalue weighted by molar-refractivity contribution is 5.58. The lowest BCUT2D eigenvalue weighted by molar-refractivity contribution is 0.340. The van der Waals surface area contributed by atoms with E-state index in [4.69, 9.17) is 4.74 Å². The fourth-order valence-electron chi connectivity index (χ4n) is 2.37. The van der Waals surface area contributed by atoms with Gasteiger partial charge in [-0.15, -0.1) is 0 Å². The van der Waals surface area contributed by atoms with Crippen LogP contribution >= 0.6 is 0 Å². The quantitative estimate of drug-likeness (QED) is 0.750. The van der Waals surface area contributed by atoms with E-state index in [1.54, 1.807) is 6.20 Å². The van der Waals surface area contributed by atoms with Gasteiger partial charge in [0, 0.05) is 25.0 Å². The summed E-state index contributed by atoms with van der Waals surface area (Å²) in [4.78, 5) is 11.3. The fourth-order valence-corrected chi connectivity index (χ4v) is 2.37. The SMILES string of the molecule is CCCN(CCC)c1nccc(Nc2ccc(OCC)cc2)n1. The molecule has 0 aliphatic rings. The Labute approximate surface area is 138 Å². The maximum absolute atomic E-state index is 5.46. The van der Waals surface area contributed by atoms with Crippen LogP contribution in [0.5, 0.6) is 5.75 Å². The molecule has 0 saturated heterocycles. The number of hydrogen-bond acceptors (Lipinski definition) is 5. The van der Waals surface area contributed by atoms with Crippen molar-refractivity contribution in [2.24, 2.45) is 0 Å². The minimum Gasteiger partial charge on any atom is -0.494 e. The zero-order valence-corrected chi connectivity index (χ0v) is 14.2. The molecule has 2 aromatic rings. The molecule has 23 heavy (non-hydrogen) atoms. The van der Waals surface area contributed by atoms with Crippen molar-refractivity contribution in [2.45, 2.75) is 33.6 Å². The van der Waals surface area contributed by atoms with Gasteiger partial charge < -0.3 is 15.0 Å². The van der Waals surface area contributed by atoms with Gasteiger partial charge in [0.2, 0.25) is 5.95 Å². The summed E-state index contributed by atoms with van der Waals surface area (Å²) < 4.78 is 5.46. The van der Waals surface area contributed by atoms with Crippen LogP contribution in [0.15, 0.2) is 36.5 Å². The predicted molar refractivity (Wildman–Crippen MR) is 95.7 cm³/mol. The van der Waals surface area contributed by atoms with Crippen LogP contribution in [0, 0.1) is 0 Å². The van der Waals surface area contributed by atoms with Gasteiger partial charge in [-0.3, -0.25) is 0 Å². The Morgan fingerprint density at radius 1 is 1.00 bits per heavy atom. The molecule has 5 heteroatoms. The van der Waals surface area contributed by atoms with Crippen LogP contribution < -0.4 is 15.0 Å². The van der Waals surface area contributed by atoms with E-state index in [1.807, 2.05) is 37.3 Å². The van der Waals surface area contributed by atoms with Crippen molar-refractivity contribution >= 4 is 17.5 Å². The van der Waals surface area contributed by atoms with Gasteiger partial charge in [0.15, 0.2) is 0 Å². The van der Waals surface area contributed by atoms with E-state index in [2.05, 4.69) is 34.0 Å². The normalized spacial score (nSPS) is 10.4. The number of nitrogens with zero attached hydrogens (tertiary/aromatic N) is 3. The van der Waals surface area contributed by atoms with Gasteiger partial charge in [-0.05, 0) is 50.1 Å². The van der Waals surface area contributed by atoms with Crippen molar-refractivity contribution in [3.8, 4) is 5.75 Å². The summed E-state index contributed by atoms with van der Waals surface area (Å²) in [6.07, 6.45) is 3.97. The van der Waals surface area contributed by atoms with Gasteiger partial charge in [0.05, 0.1) is 6.61 Å². The average Bonchev–Trinajstić information content (AvgIpc) is 2.57. The van der Waals surface area contributed by atoms with Crippen molar-refractivity contribution < 1.29 is 4.74 Å². The number of hydrogen-bond donors (Lipinski definition) is 1. The molecule has 0 amide bonds. The molecule has 2 rings (SSSR count). The summed E-state index contributed by atoms with van der Waals surface area (Å²) >= 11 is 0. The summed E-state index contributed by atoms with van der Waals surface area (Å²) in [5.74, 6) is 2.46. The molecule has 1 aromatic heterocycles. The highest BCUT2D eigenvalue weighted by atomic mass is 16.5. The van der Waals surface area contributed by atoms with Gasteiger partial charge in [-0.25, -0.2) is 4.98 Å². The van der Waals surface area contributed by atoms with Crippen molar-refractivity contribution in [1.82, 2.24) is 9.97 Å². The average molecular weight is 314 g/mol. The molecule has 1 heterocycles. The lowest BCUT2D eigenvalue weighted by Gasteiger charge is -2.21. The van der Waals surface area contributed by atoms with Crippen LogP contribution in [0.4, 0.5) is 17.5 Å². The summed E-state index contributed by atoms with van der Waals surface area (Å²) in [7, 11) is 0. The first-order valence-electron chi connectivity index (χ1n) is 8.34. The Balaban J connectivity index is 2.09. The molecule has 0 spiro atoms. The van der Waals surface area contributed by atoms with Gasteiger partial charge >= 0.3 is 0 Å². The maximum atomic E-state index is 5.46. The molecule has 0 atom stereocenters. The number of rotatable bonds is 9. The van der Waals surface area contributed by atoms with Crippen molar-refractivity contribution in [2.75, 3.05) is 29.9 Å². The van der Waals surface area contributed by atoms with Crippen LogP contribution in [0.3, 0.4) is 0 Å². The standard InChI is InChI=1S/C18H26N4O/c1-4-13-22(14-5-2)18-19-12-11-17(21-18)20-15-7-9-16(10-8-15)23-6-3/h7-12H,4-6,13-14H2,1-3H3,(H,19,20,21). The number of nitrogens with one attached hydrogen (secondary N) is 1. The van der Waals surface area contributed by atoms with Crippen LogP contribution in [-0.2, 0) is 0 Å². The highest BCUT2D eigenvalue weighted by Gasteiger charge is 2.08. The number of benzene rings is 1. The summed E-state index contributed by atoms with van der Waals surface area (Å²) in [6.45, 7) is 8.94. The van der Waals surface area contributed by atoms with E-state index < -0.39 is 0 Å². The predicted octanol–water partition coefficient (Wildman–Crippen LogP) is 4.25. The number of aromatic nitrogens is 2. The zero-order valence-electron chi connectivity index (χ0n) is 14.2. The van der Waals surface area contributed by atoms with Gasteiger partial charge in [0.1, 0.15) is 11.6 Å². The molecule has 0 radical (unpaired) electrons. The molecular formula is C18H26N4O. The monoisotopic (exact) mass is 314 g/mol. The van der Waals surface area contributed by atoms with Crippen molar-refractivity contribution in [3.05, 3.63) is 36.5 Å². The molecule has 5 nitrogen and oxygen atoms in total. The van der Waals surface area contributed by atoms with Crippen molar-refractivity contribution in [1.29, 1.82) is 0 Å². The second-order valence-electron chi connectivity index (χ2n) is 5.31. The first kappa shape index (κ1) is 17.1. The van der Waals surface area contributed by atoms with Crippen LogP contribution in [0.1, 0.15) is 33.6 Å². The lowest BCUT2D eigenvalue weighted by atomic mass is 10.3. The van der Waals surface area contributed by atoms with Gasteiger partial charge in [-0.2, -0.15) is 4.98 Å². The van der Waals surface area contributed by atoms with Crippen LogP contribution in [0.2, 0.25) is 0 Å². The minimum atomic E-state index is 0.673. The van der Waals surface area contributed by atoms with E-state index in [0.29, 0.717) is 6.61 Å². The Morgan fingerprint density at radius 3 is 2.30 bits per heavy atom. The Morgan fingerprint density at radius 2 is 1.70 bits per heavy atom. The van der Waals surface area contributed by atoms with Crippen LogP contribution in [0.25, 0.3) is 0 Å².